The second-order valence-electron chi connectivity index (χ2n) is 6.81. The number of hydrogen-bond acceptors (Lipinski definition) is 6. The van der Waals surface area contributed by atoms with Gasteiger partial charge < -0.3 is 20.7 Å². The summed E-state index contributed by atoms with van der Waals surface area (Å²) in [5, 5.41) is 7.82. The number of rotatable bonds is 7. The van der Waals surface area contributed by atoms with Gasteiger partial charge in [-0.15, -0.1) is 0 Å². The molecule has 10 heteroatoms. The molecule has 9 nitrogen and oxygen atoms in total. The second-order valence-corrected chi connectivity index (χ2v) is 8.83. The van der Waals surface area contributed by atoms with E-state index in [2.05, 4.69) is 20.9 Å². The van der Waals surface area contributed by atoms with E-state index in [0.717, 1.165) is 11.8 Å². The number of ether oxygens (including phenoxy) is 1. The molecular formula is C22H22N4O5S. The van der Waals surface area contributed by atoms with Crippen molar-refractivity contribution in [3.8, 4) is 11.5 Å². The van der Waals surface area contributed by atoms with Gasteiger partial charge in [-0.3, -0.25) is 9.78 Å². The van der Waals surface area contributed by atoms with Crippen LogP contribution in [0.15, 0.2) is 71.8 Å². The highest BCUT2D eigenvalue weighted by Crippen LogP contribution is 2.22. The number of nitrogens with zero attached hydrogens (tertiary/aromatic N) is 1. The molecule has 0 saturated carbocycles. The van der Waals surface area contributed by atoms with Gasteiger partial charge in [0.15, 0.2) is 9.84 Å². The van der Waals surface area contributed by atoms with E-state index >= 15 is 0 Å². The Morgan fingerprint density at radius 3 is 2.44 bits per heavy atom. The van der Waals surface area contributed by atoms with E-state index in [1.54, 1.807) is 42.5 Å². The molecule has 1 aromatic heterocycles. The Labute approximate surface area is 185 Å². The minimum Gasteiger partial charge on any atom is -0.457 e. The molecule has 0 aliphatic heterocycles. The molecule has 0 saturated heterocycles. The molecule has 0 radical (unpaired) electrons. The van der Waals surface area contributed by atoms with E-state index < -0.39 is 15.9 Å². The molecule has 0 aliphatic carbocycles. The highest BCUT2D eigenvalue weighted by Gasteiger charge is 2.09. The number of amides is 3. The Balaban J connectivity index is 1.55. The molecule has 0 spiro atoms. The lowest BCUT2D eigenvalue weighted by Crippen LogP contribution is -2.28. The van der Waals surface area contributed by atoms with Crippen molar-refractivity contribution < 1.29 is 22.7 Å². The largest absolute Gasteiger partial charge is 0.457 e. The van der Waals surface area contributed by atoms with Gasteiger partial charge >= 0.3 is 6.03 Å². The summed E-state index contributed by atoms with van der Waals surface area (Å²) in [4.78, 5) is 27.9. The average molecular weight is 455 g/mol. The first-order valence-corrected chi connectivity index (χ1v) is 11.4. The van der Waals surface area contributed by atoms with Crippen LogP contribution < -0.4 is 20.7 Å². The summed E-state index contributed by atoms with van der Waals surface area (Å²) >= 11 is 0. The van der Waals surface area contributed by atoms with Gasteiger partial charge in [-0.05, 0) is 42.0 Å². The van der Waals surface area contributed by atoms with Crippen LogP contribution in [0.25, 0.3) is 0 Å². The van der Waals surface area contributed by atoms with Gasteiger partial charge in [0.2, 0.25) is 0 Å². The first-order valence-electron chi connectivity index (χ1n) is 9.54. The van der Waals surface area contributed by atoms with Gasteiger partial charge in [0.05, 0.1) is 4.90 Å². The number of carbonyl (C=O) groups excluding carboxylic acids is 2. The summed E-state index contributed by atoms with van der Waals surface area (Å²) in [5.74, 6) is 0.725. The summed E-state index contributed by atoms with van der Waals surface area (Å²) in [5.41, 5.74) is 1.46. The highest BCUT2D eigenvalue weighted by atomic mass is 32.2. The predicted molar refractivity (Wildman–Crippen MR) is 120 cm³/mol. The van der Waals surface area contributed by atoms with Crippen molar-refractivity contribution in [3.63, 3.8) is 0 Å². The van der Waals surface area contributed by atoms with Crippen molar-refractivity contribution in [2.75, 3.05) is 18.6 Å². The maximum absolute atomic E-state index is 12.1. The normalized spacial score (nSPS) is 10.8. The maximum Gasteiger partial charge on any atom is 0.319 e. The van der Waals surface area contributed by atoms with Gasteiger partial charge in [-0.25, -0.2) is 13.2 Å². The quantitative estimate of drug-likeness (QED) is 0.504. The van der Waals surface area contributed by atoms with E-state index in [4.69, 9.17) is 4.74 Å². The molecule has 166 valence electrons. The van der Waals surface area contributed by atoms with Gasteiger partial charge in [-0.1, -0.05) is 18.2 Å². The number of nitrogens with one attached hydrogen (secondary N) is 3. The summed E-state index contributed by atoms with van der Waals surface area (Å²) < 4.78 is 29.0. The van der Waals surface area contributed by atoms with Crippen molar-refractivity contribution >= 4 is 27.5 Å². The van der Waals surface area contributed by atoms with Gasteiger partial charge in [0.1, 0.15) is 17.2 Å². The fraction of sp³-hybridized carbons (Fsp3) is 0.136. The zero-order valence-electron chi connectivity index (χ0n) is 17.5. The Hall–Kier alpha value is -3.92. The summed E-state index contributed by atoms with van der Waals surface area (Å²) in [6.07, 6.45) is 2.59. The van der Waals surface area contributed by atoms with Crippen molar-refractivity contribution in [3.05, 3.63) is 78.1 Å². The molecule has 1 heterocycles. The average Bonchev–Trinajstić information content (AvgIpc) is 2.78. The molecule has 3 aromatic rings. The van der Waals surface area contributed by atoms with Crippen molar-refractivity contribution in [2.45, 2.75) is 11.4 Å². The standard InChI is InChI=1S/C22H22N4O5S/c1-23-21(27)20-13-18(10-11-24-20)31-17-8-6-15(7-9-17)14-25-22(28)26-16-4-3-5-19(12-16)32(2,29)30/h3-13H,14H2,1-2H3,(H,23,27)(H2,25,26,28). The van der Waals surface area contributed by atoms with Gasteiger partial charge in [0.25, 0.3) is 5.91 Å². The summed E-state index contributed by atoms with van der Waals surface area (Å²) in [6, 6.07) is 15.8. The van der Waals surface area contributed by atoms with Crippen LogP contribution in [0.3, 0.4) is 0 Å². The zero-order valence-corrected chi connectivity index (χ0v) is 18.3. The molecule has 3 amide bonds. The molecule has 0 aliphatic rings. The number of hydrogen-bond donors (Lipinski definition) is 3. The number of anilines is 1. The number of carbonyl (C=O) groups is 2. The molecule has 2 aromatic carbocycles. The molecular weight excluding hydrogens is 432 g/mol. The molecule has 0 fully saturated rings. The number of sulfone groups is 1. The third-order valence-corrected chi connectivity index (χ3v) is 5.43. The molecule has 0 unspecified atom stereocenters. The predicted octanol–water partition coefficient (Wildman–Crippen LogP) is 2.96. The fourth-order valence-corrected chi connectivity index (χ4v) is 3.37. The van der Waals surface area contributed by atoms with Crippen LogP contribution in [0.1, 0.15) is 16.1 Å². The van der Waals surface area contributed by atoms with Crippen LogP contribution >= 0.6 is 0 Å². The third kappa shape index (κ3) is 6.29. The van der Waals surface area contributed by atoms with Gasteiger partial charge in [-0.2, -0.15) is 0 Å². The fourth-order valence-electron chi connectivity index (χ4n) is 2.70. The Kier molecular flexibility index (Phi) is 7.06. The number of urea groups is 1. The van der Waals surface area contributed by atoms with Crippen LogP contribution in [0.5, 0.6) is 11.5 Å². The first-order chi connectivity index (χ1) is 15.2. The highest BCUT2D eigenvalue weighted by molar-refractivity contribution is 7.90. The third-order valence-electron chi connectivity index (χ3n) is 4.32. The van der Waals surface area contributed by atoms with Crippen LogP contribution in [-0.2, 0) is 16.4 Å². The number of pyridine rings is 1. The lowest BCUT2D eigenvalue weighted by molar-refractivity contribution is 0.0957. The van der Waals surface area contributed by atoms with Crippen LogP contribution in [0.2, 0.25) is 0 Å². The molecule has 0 bridgehead atoms. The second kappa shape index (κ2) is 9.92. The topological polar surface area (TPSA) is 126 Å². The SMILES string of the molecule is CNC(=O)c1cc(Oc2ccc(CNC(=O)Nc3cccc(S(C)(=O)=O)c3)cc2)ccn1. The lowest BCUT2D eigenvalue weighted by atomic mass is 10.2. The first kappa shape index (κ1) is 22.8. The van der Waals surface area contributed by atoms with Crippen LogP contribution in [0.4, 0.5) is 10.5 Å². The van der Waals surface area contributed by atoms with E-state index in [1.807, 2.05) is 0 Å². The minimum atomic E-state index is -3.36. The summed E-state index contributed by atoms with van der Waals surface area (Å²) in [6.45, 7) is 0.258. The lowest BCUT2D eigenvalue weighted by Gasteiger charge is -2.10. The maximum atomic E-state index is 12.1. The molecule has 0 atom stereocenters. The molecule has 3 rings (SSSR count). The van der Waals surface area contributed by atoms with E-state index in [1.165, 1.54) is 31.4 Å². The van der Waals surface area contributed by atoms with Crippen LogP contribution in [0, 0.1) is 0 Å². The van der Waals surface area contributed by atoms with E-state index in [9.17, 15) is 18.0 Å². The van der Waals surface area contributed by atoms with Gasteiger partial charge in [0, 0.05) is 37.8 Å². The Bertz CT molecular complexity index is 1230. The van der Waals surface area contributed by atoms with Crippen LogP contribution in [-0.4, -0.2) is 38.6 Å². The van der Waals surface area contributed by atoms with E-state index in [0.29, 0.717) is 17.2 Å². The number of aromatic nitrogens is 1. The molecule has 3 N–H and O–H groups in total. The Morgan fingerprint density at radius 1 is 1.00 bits per heavy atom. The number of benzene rings is 2. The monoisotopic (exact) mass is 454 g/mol. The minimum absolute atomic E-state index is 0.127. The Morgan fingerprint density at radius 2 is 1.75 bits per heavy atom. The van der Waals surface area contributed by atoms with Crippen molar-refractivity contribution in [1.29, 1.82) is 0 Å². The summed E-state index contributed by atoms with van der Waals surface area (Å²) in [7, 11) is -1.83. The smallest absolute Gasteiger partial charge is 0.319 e. The van der Waals surface area contributed by atoms with Crippen molar-refractivity contribution in [2.24, 2.45) is 0 Å². The van der Waals surface area contributed by atoms with E-state index in [-0.39, 0.29) is 23.0 Å². The van der Waals surface area contributed by atoms with Crippen molar-refractivity contribution in [1.82, 2.24) is 15.6 Å². The molecule has 32 heavy (non-hydrogen) atoms. The zero-order chi connectivity index (χ0) is 23.1.